The van der Waals surface area contributed by atoms with Gasteiger partial charge in [0.1, 0.15) is 0 Å². The van der Waals surface area contributed by atoms with Crippen LogP contribution in [-0.2, 0) is 17.1 Å². The lowest BCUT2D eigenvalue weighted by atomic mass is 10.0. The molecular weight excluding hydrogens is 219 g/mol. The summed E-state index contributed by atoms with van der Waals surface area (Å²) < 4.78 is 0. The zero-order valence-corrected chi connectivity index (χ0v) is 9.53. The van der Waals surface area contributed by atoms with E-state index in [4.69, 9.17) is 23.2 Å². The first-order valence-corrected chi connectivity index (χ1v) is 5.46. The van der Waals surface area contributed by atoms with Crippen LogP contribution in [-0.4, -0.2) is 11.7 Å². The van der Waals surface area contributed by atoms with Gasteiger partial charge in [-0.15, -0.1) is 23.2 Å². The van der Waals surface area contributed by atoms with Crippen LogP contribution < -0.4 is 0 Å². The van der Waals surface area contributed by atoms with Gasteiger partial charge >= 0.3 is 0 Å². The lowest BCUT2D eigenvalue weighted by Crippen LogP contribution is -2.05. The van der Waals surface area contributed by atoms with Crippen LogP contribution in [0.25, 0.3) is 0 Å². The topological polar surface area (TPSA) is 17.1 Å². The van der Waals surface area contributed by atoms with Crippen LogP contribution in [0.4, 0.5) is 0 Å². The number of hydrogen-bond acceptors (Lipinski definition) is 1. The lowest BCUT2D eigenvalue weighted by molar-refractivity contribution is -0.116. The van der Waals surface area contributed by atoms with E-state index in [1.54, 1.807) is 0 Å². The fourth-order valence-electron chi connectivity index (χ4n) is 1.26. The van der Waals surface area contributed by atoms with Crippen LogP contribution in [0.1, 0.15) is 16.7 Å². The number of rotatable bonds is 4. The van der Waals surface area contributed by atoms with Gasteiger partial charge in [0.25, 0.3) is 0 Å². The molecule has 0 bridgehead atoms. The SMILES string of the molecule is Cc1ccc(CCl)cc1CC(=O)CCl. The third kappa shape index (κ3) is 3.00. The van der Waals surface area contributed by atoms with E-state index in [-0.39, 0.29) is 11.7 Å². The van der Waals surface area contributed by atoms with Crippen LogP contribution in [0.15, 0.2) is 18.2 Å². The van der Waals surface area contributed by atoms with E-state index >= 15 is 0 Å². The number of benzene rings is 1. The predicted octanol–water partition coefficient (Wildman–Crippen LogP) is 3.08. The Bertz CT molecular complexity index is 334. The third-order valence-corrected chi connectivity index (χ3v) is 2.71. The summed E-state index contributed by atoms with van der Waals surface area (Å²) in [5, 5.41) is 0. The first-order valence-electron chi connectivity index (χ1n) is 4.39. The van der Waals surface area contributed by atoms with Crippen molar-refractivity contribution in [1.82, 2.24) is 0 Å². The molecule has 14 heavy (non-hydrogen) atoms. The summed E-state index contributed by atoms with van der Waals surface area (Å²) in [7, 11) is 0. The minimum Gasteiger partial charge on any atom is -0.298 e. The highest BCUT2D eigenvalue weighted by Crippen LogP contribution is 2.14. The number of ketones is 1. The Morgan fingerprint density at radius 1 is 1.36 bits per heavy atom. The van der Waals surface area contributed by atoms with Crippen molar-refractivity contribution in [3.63, 3.8) is 0 Å². The summed E-state index contributed by atoms with van der Waals surface area (Å²) in [6, 6.07) is 5.92. The fourth-order valence-corrected chi connectivity index (χ4v) is 1.52. The van der Waals surface area contributed by atoms with Gasteiger partial charge in [-0.1, -0.05) is 18.2 Å². The molecule has 0 unspecified atom stereocenters. The van der Waals surface area contributed by atoms with Crippen molar-refractivity contribution in [3.05, 3.63) is 34.9 Å². The summed E-state index contributed by atoms with van der Waals surface area (Å²) >= 11 is 11.2. The van der Waals surface area contributed by atoms with E-state index in [1.165, 1.54) is 0 Å². The molecule has 1 rings (SSSR count). The molecule has 0 aromatic heterocycles. The molecule has 0 aliphatic heterocycles. The number of carbonyl (C=O) groups is 1. The highest BCUT2D eigenvalue weighted by atomic mass is 35.5. The van der Waals surface area contributed by atoms with Gasteiger partial charge in [0.2, 0.25) is 0 Å². The van der Waals surface area contributed by atoms with Crippen molar-refractivity contribution in [3.8, 4) is 0 Å². The molecule has 0 saturated carbocycles. The van der Waals surface area contributed by atoms with Crippen molar-refractivity contribution in [1.29, 1.82) is 0 Å². The summed E-state index contributed by atoms with van der Waals surface area (Å²) in [6.45, 7) is 1.98. The van der Waals surface area contributed by atoms with Gasteiger partial charge < -0.3 is 0 Å². The van der Waals surface area contributed by atoms with Crippen LogP contribution >= 0.6 is 23.2 Å². The number of Topliss-reactive ketones (excluding diaryl/α,β-unsaturated/α-hetero) is 1. The summed E-state index contributed by atoms with van der Waals surface area (Å²) in [6.07, 6.45) is 0.403. The van der Waals surface area contributed by atoms with Crippen molar-refractivity contribution in [2.45, 2.75) is 19.2 Å². The predicted molar refractivity (Wildman–Crippen MR) is 60.2 cm³/mol. The molecule has 0 heterocycles. The van der Waals surface area contributed by atoms with E-state index in [2.05, 4.69) is 0 Å². The highest BCUT2D eigenvalue weighted by molar-refractivity contribution is 6.27. The number of hydrogen-bond donors (Lipinski definition) is 0. The average molecular weight is 231 g/mol. The van der Waals surface area contributed by atoms with Crippen LogP contribution in [0, 0.1) is 6.92 Å². The van der Waals surface area contributed by atoms with Crippen LogP contribution in [0.3, 0.4) is 0 Å². The second-order valence-corrected chi connectivity index (χ2v) is 3.78. The van der Waals surface area contributed by atoms with Crippen molar-refractivity contribution >= 4 is 29.0 Å². The Labute approximate surface area is 94.0 Å². The Morgan fingerprint density at radius 3 is 2.64 bits per heavy atom. The van der Waals surface area contributed by atoms with Crippen molar-refractivity contribution in [2.75, 3.05) is 5.88 Å². The number of carbonyl (C=O) groups excluding carboxylic acids is 1. The van der Waals surface area contributed by atoms with Gasteiger partial charge in [0.05, 0.1) is 5.88 Å². The van der Waals surface area contributed by atoms with Crippen molar-refractivity contribution < 1.29 is 4.79 Å². The lowest BCUT2D eigenvalue weighted by Gasteiger charge is -2.05. The maximum atomic E-state index is 11.2. The quantitative estimate of drug-likeness (QED) is 0.727. The van der Waals surface area contributed by atoms with Crippen LogP contribution in [0.2, 0.25) is 0 Å². The summed E-state index contributed by atoms with van der Waals surface area (Å²) in [4.78, 5) is 11.2. The largest absolute Gasteiger partial charge is 0.298 e. The first-order chi connectivity index (χ1) is 6.67. The Balaban J connectivity index is 2.89. The maximum Gasteiger partial charge on any atom is 0.151 e. The van der Waals surface area contributed by atoms with E-state index in [1.807, 2.05) is 25.1 Å². The number of halogens is 2. The smallest absolute Gasteiger partial charge is 0.151 e. The molecule has 0 spiro atoms. The van der Waals surface area contributed by atoms with Gasteiger partial charge in [0.15, 0.2) is 5.78 Å². The molecule has 0 amide bonds. The zero-order valence-electron chi connectivity index (χ0n) is 8.02. The molecule has 0 aliphatic carbocycles. The normalized spacial score (nSPS) is 10.2. The molecule has 0 atom stereocenters. The Hall–Kier alpha value is -0.530. The minimum atomic E-state index is 0.0430. The summed E-state index contributed by atoms with van der Waals surface area (Å²) in [5.41, 5.74) is 3.17. The second kappa shape index (κ2) is 5.38. The Kier molecular flexibility index (Phi) is 4.43. The number of aryl methyl sites for hydroxylation is 1. The van der Waals surface area contributed by atoms with Gasteiger partial charge in [0, 0.05) is 12.3 Å². The van der Waals surface area contributed by atoms with Crippen molar-refractivity contribution in [2.24, 2.45) is 0 Å². The molecule has 0 radical (unpaired) electrons. The van der Waals surface area contributed by atoms with Gasteiger partial charge in [-0.3, -0.25) is 4.79 Å². The molecule has 1 aromatic carbocycles. The second-order valence-electron chi connectivity index (χ2n) is 3.24. The standard InChI is InChI=1S/C11H12Cl2O/c1-8-2-3-9(6-12)4-10(8)5-11(14)7-13/h2-4H,5-7H2,1H3. The maximum absolute atomic E-state index is 11.2. The van der Waals surface area contributed by atoms with E-state index < -0.39 is 0 Å². The number of alkyl halides is 2. The van der Waals surface area contributed by atoms with Gasteiger partial charge in [-0.2, -0.15) is 0 Å². The molecular formula is C11H12Cl2O. The Morgan fingerprint density at radius 2 is 2.07 bits per heavy atom. The molecule has 76 valence electrons. The van der Waals surface area contributed by atoms with Crippen LogP contribution in [0.5, 0.6) is 0 Å². The first kappa shape index (κ1) is 11.5. The van der Waals surface area contributed by atoms with E-state index in [9.17, 15) is 4.79 Å². The fraction of sp³-hybridized carbons (Fsp3) is 0.364. The minimum absolute atomic E-state index is 0.0430. The van der Waals surface area contributed by atoms with Gasteiger partial charge in [-0.25, -0.2) is 0 Å². The molecule has 1 aromatic rings. The van der Waals surface area contributed by atoms with E-state index in [0.29, 0.717) is 12.3 Å². The summed E-state index contributed by atoms with van der Waals surface area (Å²) in [5.74, 6) is 0.592. The molecule has 0 N–H and O–H groups in total. The average Bonchev–Trinajstić information content (AvgIpc) is 2.21. The molecule has 0 aliphatic rings. The third-order valence-electron chi connectivity index (χ3n) is 2.10. The van der Waals surface area contributed by atoms with Gasteiger partial charge in [-0.05, 0) is 23.6 Å². The monoisotopic (exact) mass is 230 g/mol. The van der Waals surface area contributed by atoms with E-state index in [0.717, 1.165) is 16.7 Å². The highest BCUT2D eigenvalue weighted by Gasteiger charge is 2.05. The molecule has 0 fully saturated rings. The molecule has 3 heteroatoms. The molecule has 0 saturated heterocycles. The zero-order chi connectivity index (χ0) is 10.6. The molecule has 1 nitrogen and oxygen atoms in total.